The van der Waals surface area contributed by atoms with Crippen LogP contribution in [0.25, 0.3) is 4.85 Å². The van der Waals surface area contributed by atoms with E-state index in [1.165, 1.54) is 0 Å². The second-order valence-corrected chi connectivity index (χ2v) is 7.17. The molecule has 4 nitrogen and oxygen atoms in total. The summed E-state index contributed by atoms with van der Waals surface area (Å²) in [7, 11) is 0. The Morgan fingerprint density at radius 2 is 1.09 bits per heavy atom. The van der Waals surface area contributed by atoms with Crippen molar-refractivity contribution < 1.29 is 0 Å². The summed E-state index contributed by atoms with van der Waals surface area (Å²) in [5.74, 6) is 0. The zero-order valence-corrected chi connectivity index (χ0v) is 13.8. The molecule has 0 heterocycles. The fourth-order valence-corrected chi connectivity index (χ4v) is 2.66. The summed E-state index contributed by atoms with van der Waals surface area (Å²) in [5, 5.41) is 28.7. The van der Waals surface area contributed by atoms with Crippen LogP contribution in [0.2, 0.25) is 0 Å². The first-order valence-corrected chi connectivity index (χ1v) is 6.87. The highest BCUT2D eigenvalue weighted by atomic mass is 14.7. The van der Waals surface area contributed by atoms with Crippen molar-refractivity contribution >= 4 is 5.69 Å². The van der Waals surface area contributed by atoms with Gasteiger partial charge in [0.05, 0.1) is 35.4 Å². The summed E-state index contributed by atoms with van der Waals surface area (Å²) in [4.78, 5) is 3.53. The Bertz CT molecular complexity index is 667. The van der Waals surface area contributed by atoms with E-state index in [-0.39, 0.29) is 22.4 Å². The molecule has 0 aliphatic heterocycles. The molecule has 0 aromatic heterocycles. The van der Waals surface area contributed by atoms with Crippen LogP contribution >= 0.6 is 0 Å². The third-order valence-electron chi connectivity index (χ3n) is 3.42. The monoisotopic (exact) mass is 290 g/mol. The summed E-state index contributed by atoms with van der Waals surface area (Å²) in [6.07, 6.45) is 0. The normalized spacial score (nSPS) is 11.0. The first-order valence-electron chi connectivity index (χ1n) is 6.87. The van der Waals surface area contributed by atoms with Gasteiger partial charge in [-0.3, -0.25) is 0 Å². The van der Waals surface area contributed by atoms with E-state index in [9.17, 15) is 15.8 Å². The molecule has 0 radical (unpaired) electrons. The molecule has 22 heavy (non-hydrogen) atoms. The molecule has 0 atom stereocenters. The van der Waals surface area contributed by atoms with Gasteiger partial charge in [-0.1, -0.05) is 41.5 Å². The van der Waals surface area contributed by atoms with Crippen LogP contribution in [-0.4, -0.2) is 0 Å². The molecule has 1 aromatic rings. The third-order valence-corrected chi connectivity index (χ3v) is 3.42. The maximum absolute atomic E-state index is 9.58. The average molecular weight is 290 g/mol. The SMILES string of the molecule is [C-]#[N+]c1c(C#N)c(C(C)(C)C)c(C#N)c(C#N)c1C(C)(C)C. The Kier molecular flexibility index (Phi) is 4.32. The van der Waals surface area contributed by atoms with E-state index < -0.39 is 10.8 Å². The first-order chi connectivity index (χ1) is 10.0. The van der Waals surface area contributed by atoms with Crippen molar-refractivity contribution in [3.05, 3.63) is 39.2 Å². The van der Waals surface area contributed by atoms with Gasteiger partial charge in [0.25, 0.3) is 0 Å². The van der Waals surface area contributed by atoms with Gasteiger partial charge in [0.15, 0.2) is 0 Å². The number of benzene rings is 1. The number of hydrogen-bond donors (Lipinski definition) is 0. The van der Waals surface area contributed by atoms with Crippen molar-refractivity contribution in [3.63, 3.8) is 0 Å². The molecule has 0 saturated heterocycles. The molecule has 0 saturated carbocycles. The molecule has 0 bridgehead atoms. The van der Waals surface area contributed by atoms with Crippen molar-refractivity contribution in [2.45, 2.75) is 52.4 Å². The lowest BCUT2D eigenvalue weighted by atomic mass is 9.73. The standard InChI is InChI=1S/C18H18N4/c1-17(2,3)14-11(8-19)12(9-20)15(18(4,5)6)16(22-7)13(14)10-21/h1-6H3. The van der Waals surface area contributed by atoms with Gasteiger partial charge in [-0.15, -0.1) is 0 Å². The average Bonchev–Trinajstić information content (AvgIpc) is 2.41. The topological polar surface area (TPSA) is 75.7 Å². The van der Waals surface area contributed by atoms with Crippen LogP contribution in [-0.2, 0) is 10.8 Å². The molecule has 0 N–H and O–H groups in total. The molecular formula is C18H18N4. The van der Waals surface area contributed by atoms with Crippen molar-refractivity contribution in [2.24, 2.45) is 0 Å². The van der Waals surface area contributed by atoms with Gasteiger partial charge < -0.3 is 0 Å². The highest BCUT2D eigenvalue weighted by Crippen LogP contribution is 2.44. The van der Waals surface area contributed by atoms with E-state index in [0.717, 1.165) is 0 Å². The molecule has 0 aliphatic carbocycles. The van der Waals surface area contributed by atoms with Gasteiger partial charge >= 0.3 is 0 Å². The summed E-state index contributed by atoms with van der Waals surface area (Å²) in [5.41, 5.74) is 0.752. The van der Waals surface area contributed by atoms with Gasteiger partial charge in [-0.05, 0) is 22.0 Å². The predicted octanol–water partition coefficient (Wildman–Crippen LogP) is 4.45. The number of rotatable bonds is 0. The summed E-state index contributed by atoms with van der Waals surface area (Å²) in [6, 6.07) is 6.25. The molecular weight excluding hydrogens is 272 g/mol. The first kappa shape index (κ1) is 17.2. The number of nitriles is 3. The highest BCUT2D eigenvalue weighted by molar-refractivity contribution is 5.77. The van der Waals surface area contributed by atoms with E-state index in [4.69, 9.17) is 6.57 Å². The Morgan fingerprint density at radius 3 is 1.36 bits per heavy atom. The van der Waals surface area contributed by atoms with Gasteiger partial charge in [-0.25, -0.2) is 4.85 Å². The van der Waals surface area contributed by atoms with E-state index >= 15 is 0 Å². The maximum Gasteiger partial charge on any atom is 0.209 e. The van der Waals surface area contributed by atoms with Crippen LogP contribution < -0.4 is 0 Å². The molecule has 0 amide bonds. The van der Waals surface area contributed by atoms with E-state index in [1.54, 1.807) is 0 Å². The lowest BCUT2D eigenvalue weighted by molar-refractivity contribution is 0.575. The van der Waals surface area contributed by atoms with Gasteiger partial charge in [-0.2, -0.15) is 15.8 Å². The largest absolute Gasteiger partial charge is 0.236 e. The number of nitrogens with zero attached hydrogens (tertiary/aromatic N) is 4. The van der Waals surface area contributed by atoms with Crippen LogP contribution in [0.5, 0.6) is 0 Å². The molecule has 4 heteroatoms. The molecule has 0 aliphatic rings. The molecule has 1 aromatic carbocycles. The summed E-state index contributed by atoms with van der Waals surface area (Å²) >= 11 is 0. The van der Waals surface area contributed by atoms with Crippen molar-refractivity contribution in [1.29, 1.82) is 15.8 Å². The second-order valence-electron chi connectivity index (χ2n) is 7.17. The minimum Gasteiger partial charge on any atom is -0.236 e. The fraction of sp³-hybridized carbons (Fsp3) is 0.444. The summed E-state index contributed by atoms with van der Waals surface area (Å²) < 4.78 is 0. The Labute approximate surface area is 132 Å². The fourth-order valence-electron chi connectivity index (χ4n) is 2.66. The minimum absolute atomic E-state index is 0.190. The minimum atomic E-state index is -0.516. The second kappa shape index (κ2) is 5.52. The third kappa shape index (κ3) is 2.65. The Balaban J connectivity index is 4.32. The number of hydrogen-bond acceptors (Lipinski definition) is 3. The Hall–Kier alpha value is -2.82. The zero-order valence-electron chi connectivity index (χ0n) is 13.8. The van der Waals surface area contributed by atoms with Crippen molar-refractivity contribution in [1.82, 2.24) is 0 Å². The molecule has 1 rings (SSSR count). The van der Waals surface area contributed by atoms with Gasteiger partial charge in [0.2, 0.25) is 5.69 Å². The van der Waals surface area contributed by atoms with Crippen LogP contribution in [0.15, 0.2) is 0 Å². The summed E-state index contributed by atoms with van der Waals surface area (Å²) in [6.45, 7) is 18.7. The molecule has 110 valence electrons. The smallest absolute Gasteiger partial charge is 0.209 e. The Morgan fingerprint density at radius 1 is 0.727 bits per heavy atom. The van der Waals surface area contributed by atoms with E-state index in [1.807, 2.05) is 41.5 Å². The lowest BCUT2D eigenvalue weighted by Gasteiger charge is -2.29. The maximum atomic E-state index is 9.58. The zero-order chi connectivity index (χ0) is 17.3. The molecule has 0 spiro atoms. The predicted molar refractivity (Wildman–Crippen MR) is 84.2 cm³/mol. The molecule has 0 unspecified atom stereocenters. The van der Waals surface area contributed by atoms with Gasteiger partial charge in [0.1, 0.15) is 6.07 Å². The van der Waals surface area contributed by atoms with Gasteiger partial charge in [0, 0.05) is 0 Å². The van der Waals surface area contributed by atoms with Crippen LogP contribution in [0.3, 0.4) is 0 Å². The van der Waals surface area contributed by atoms with Crippen LogP contribution in [0.4, 0.5) is 5.69 Å². The van der Waals surface area contributed by atoms with E-state index in [0.29, 0.717) is 11.1 Å². The van der Waals surface area contributed by atoms with Crippen LogP contribution in [0.1, 0.15) is 69.4 Å². The highest BCUT2D eigenvalue weighted by Gasteiger charge is 2.34. The quantitative estimate of drug-likeness (QED) is 0.662. The van der Waals surface area contributed by atoms with Crippen molar-refractivity contribution in [3.8, 4) is 18.2 Å². The van der Waals surface area contributed by atoms with Crippen LogP contribution in [0, 0.1) is 40.6 Å². The van der Waals surface area contributed by atoms with Crippen molar-refractivity contribution in [2.75, 3.05) is 0 Å². The lowest BCUT2D eigenvalue weighted by Crippen LogP contribution is -2.22. The molecule has 0 fully saturated rings. The van der Waals surface area contributed by atoms with E-state index in [2.05, 4.69) is 23.1 Å².